The van der Waals surface area contributed by atoms with E-state index in [1.54, 1.807) is 24.3 Å². The van der Waals surface area contributed by atoms with Crippen molar-refractivity contribution in [3.8, 4) is 0 Å². The van der Waals surface area contributed by atoms with Crippen molar-refractivity contribution in [3.05, 3.63) is 40.8 Å². The first-order chi connectivity index (χ1) is 10.5. The summed E-state index contributed by atoms with van der Waals surface area (Å²) in [6.45, 7) is 3.38. The molecule has 2 aromatic rings. The molecule has 22 heavy (non-hydrogen) atoms. The maximum Gasteiger partial charge on any atom is 0.331 e. The lowest BCUT2D eigenvalue weighted by Gasteiger charge is -2.12. The van der Waals surface area contributed by atoms with Gasteiger partial charge in [-0.3, -0.25) is 4.79 Å². The lowest BCUT2D eigenvalue weighted by molar-refractivity contribution is -0.148. The fraction of sp³-hybridized carbons (Fsp3) is 0.267. The second-order valence-electron chi connectivity index (χ2n) is 4.72. The number of ether oxygens (including phenoxy) is 1. The Balaban J connectivity index is 2.01. The van der Waals surface area contributed by atoms with Gasteiger partial charge in [0.05, 0.1) is 11.0 Å². The molecule has 0 bridgehead atoms. The van der Waals surface area contributed by atoms with E-state index in [0.29, 0.717) is 23.1 Å². The first kappa shape index (κ1) is 15.6. The minimum atomic E-state index is -0.921. The maximum absolute atomic E-state index is 12.0. The molecule has 7 nitrogen and oxygen atoms in total. The normalized spacial score (nSPS) is 12.5. The Morgan fingerprint density at radius 1 is 1.32 bits per heavy atom. The topological polar surface area (TPSA) is 104 Å². The highest BCUT2D eigenvalue weighted by Gasteiger charge is 2.16. The molecule has 7 heteroatoms. The van der Waals surface area contributed by atoms with Crippen molar-refractivity contribution in [2.24, 2.45) is 0 Å². The van der Waals surface area contributed by atoms with Gasteiger partial charge in [-0.05, 0) is 31.5 Å². The summed E-state index contributed by atoms with van der Waals surface area (Å²) in [4.78, 5) is 39.8. The highest BCUT2D eigenvalue weighted by molar-refractivity contribution is 5.97. The third kappa shape index (κ3) is 3.85. The van der Waals surface area contributed by atoms with Gasteiger partial charge in [0.2, 0.25) is 0 Å². The van der Waals surface area contributed by atoms with Gasteiger partial charge in [0.25, 0.3) is 5.91 Å². The molecule has 1 atom stereocenters. The summed E-state index contributed by atoms with van der Waals surface area (Å²) in [5.74, 6) is -1.01. The van der Waals surface area contributed by atoms with Crippen LogP contribution in [-0.2, 0) is 14.3 Å². The summed E-state index contributed by atoms with van der Waals surface area (Å²) in [5, 5.41) is 2.63. The molecule has 0 aliphatic heterocycles. The van der Waals surface area contributed by atoms with E-state index >= 15 is 0 Å². The van der Waals surface area contributed by atoms with E-state index in [4.69, 9.17) is 4.74 Å². The number of carbonyl (C=O) groups excluding carboxylic acids is 2. The van der Waals surface area contributed by atoms with Gasteiger partial charge in [0.15, 0.2) is 6.10 Å². The number of carbonyl (C=O) groups is 2. The number of hydrogen-bond donors (Lipinski definition) is 3. The quantitative estimate of drug-likeness (QED) is 0.577. The zero-order chi connectivity index (χ0) is 16.1. The van der Waals surface area contributed by atoms with E-state index in [1.165, 1.54) is 13.0 Å². The molecule has 0 unspecified atom stereocenters. The Morgan fingerprint density at radius 3 is 2.77 bits per heavy atom. The second kappa shape index (κ2) is 6.75. The van der Waals surface area contributed by atoms with Gasteiger partial charge in [-0.15, -0.1) is 0 Å². The number of aromatic nitrogens is 2. The van der Waals surface area contributed by atoms with Crippen LogP contribution in [0.15, 0.2) is 35.1 Å². The number of benzene rings is 1. The van der Waals surface area contributed by atoms with Crippen molar-refractivity contribution >= 4 is 28.6 Å². The third-order valence-electron chi connectivity index (χ3n) is 2.94. The number of anilines is 1. The molecule has 0 saturated heterocycles. The number of esters is 1. The summed E-state index contributed by atoms with van der Waals surface area (Å²) in [6, 6.07) is 4.94. The number of imidazole rings is 1. The smallest absolute Gasteiger partial charge is 0.331 e. The number of hydrogen-bond acceptors (Lipinski definition) is 4. The summed E-state index contributed by atoms with van der Waals surface area (Å²) in [6.07, 6.45) is 2.74. The monoisotopic (exact) mass is 303 g/mol. The summed E-state index contributed by atoms with van der Waals surface area (Å²) in [7, 11) is 0. The van der Waals surface area contributed by atoms with E-state index in [-0.39, 0.29) is 5.69 Å². The highest BCUT2D eigenvalue weighted by atomic mass is 16.5. The van der Waals surface area contributed by atoms with Crippen molar-refractivity contribution in [2.75, 3.05) is 5.32 Å². The largest absolute Gasteiger partial charge is 0.449 e. The van der Waals surface area contributed by atoms with E-state index in [9.17, 15) is 14.4 Å². The van der Waals surface area contributed by atoms with Crippen LogP contribution in [0.3, 0.4) is 0 Å². The minimum Gasteiger partial charge on any atom is -0.449 e. The van der Waals surface area contributed by atoms with Gasteiger partial charge in [-0.25, -0.2) is 9.59 Å². The van der Waals surface area contributed by atoms with E-state index in [2.05, 4.69) is 15.3 Å². The van der Waals surface area contributed by atoms with Gasteiger partial charge in [0.1, 0.15) is 0 Å². The molecule has 0 spiro atoms. The SMILES string of the molecule is CC/C=C/C(=O)O[C@H](C)C(=O)Nc1ccc2[nH]c(=O)[nH]c2c1. The minimum absolute atomic E-state index is 0.316. The van der Waals surface area contributed by atoms with Crippen LogP contribution in [-0.4, -0.2) is 27.9 Å². The Labute approximate surface area is 126 Å². The summed E-state index contributed by atoms with van der Waals surface area (Å²) >= 11 is 0. The predicted molar refractivity (Wildman–Crippen MR) is 82.5 cm³/mol. The van der Waals surface area contributed by atoms with Gasteiger partial charge in [-0.2, -0.15) is 0 Å². The molecule has 116 valence electrons. The molecule has 0 fully saturated rings. The van der Waals surface area contributed by atoms with Crippen molar-refractivity contribution < 1.29 is 14.3 Å². The van der Waals surface area contributed by atoms with Gasteiger partial charge in [-0.1, -0.05) is 13.0 Å². The third-order valence-corrected chi connectivity index (χ3v) is 2.94. The average molecular weight is 303 g/mol. The standard InChI is InChI=1S/C15H17N3O4/c1-3-4-5-13(19)22-9(2)14(20)16-10-6-7-11-12(8-10)18-15(21)17-11/h4-9H,3H2,1-2H3,(H,16,20)(H2,17,18,21)/b5-4+/t9-/m1/s1. The lowest BCUT2D eigenvalue weighted by atomic mass is 10.2. The molecule has 3 N–H and O–H groups in total. The Bertz CT molecular complexity index is 772. The fourth-order valence-electron chi connectivity index (χ4n) is 1.84. The van der Waals surface area contributed by atoms with E-state index in [0.717, 1.165) is 0 Å². The molecule has 1 heterocycles. The van der Waals surface area contributed by atoms with Crippen molar-refractivity contribution in [1.82, 2.24) is 9.97 Å². The summed E-state index contributed by atoms with van der Waals surface area (Å²) < 4.78 is 4.98. The van der Waals surface area contributed by atoms with Gasteiger partial charge < -0.3 is 20.0 Å². The molecular formula is C15H17N3O4. The molecule has 0 saturated carbocycles. The first-order valence-corrected chi connectivity index (χ1v) is 6.89. The predicted octanol–water partition coefficient (Wildman–Crippen LogP) is 1.69. The van der Waals surface area contributed by atoms with Crippen molar-refractivity contribution in [3.63, 3.8) is 0 Å². The molecular weight excluding hydrogens is 286 g/mol. The summed E-state index contributed by atoms with van der Waals surface area (Å²) in [5.41, 5.74) is 1.41. The molecule has 1 aromatic carbocycles. The van der Waals surface area contributed by atoms with E-state index < -0.39 is 18.0 Å². The fourth-order valence-corrected chi connectivity index (χ4v) is 1.84. The zero-order valence-electron chi connectivity index (χ0n) is 12.3. The molecule has 0 radical (unpaired) electrons. The molecule has 0 aliphatic carbocycles. The van der Waals surface area contributed by atoms with Crippen molar-refractivity contribution in [2.45, 2.75) is 26.4 Å². The van der Waals surface area contributed by atoms with Gasteiger partial charge >= 0.3 is 11.7 Å². The Morgan fingerprint density at radius 2 is 2.05 bits per heavy atom. The van der Waals surface area contributed by atoms with Crippen LogP contribution >= 0.6 is 0 Å². The highest BCUT2D eigenvalue weighted by Crippen LogP contribution is 2.15. The zero-order valence-corrected chi connectivity index (χ0v) is 12.3. The average Bonchev–Trinajstić information content (AvgIpc) is 2.84. The molecule has 2 rings (SSSR count). The lowest BCUT2D eigenvalue weighted by Crippen LogP contribution is -2.29. The number of aromatic amines is 2. The van der Waals surface area contributed by atoms with Crippen LogP contribution in [0.25, 0.3) is 11.0 Å². The van der Waals surface area contributed by atoms with Crippen molar-refractivity contribution in [1.29, 1.82) is 0 Å². The van der Waals surface area contributed by atoms with Crippen LogP contribution in [0.1, 0.15) is 20.3 Å². The Hall–Kier alpha value is -2.83. The van der Waals surface area contributed by atoms with E-state index in [1.807, 2.05) is 6.92 Å². The van der Waals surface area contributed by atoms with Crippen LogP contribution in [0.4, 0.5) is 5.69 Å². The van der Waals surface area contributed by atoms with Gasteiger partial charge in [0, 0.05) is 11.8 Å². The molecule has 1 amide bonds. The first-order valence-electron chi connectivity index (χ1n) is 6.89. The number of nitrogens with one attached hydrogen (secondary N) is 3. The number of amides is 1. The number of rotatable bonds is 5. The maximum atomic E-state index is 12.0. The molecule has 0 aliphatic rings. The Kier molecular flexibility index (Phi) is 4.77. The van der Waals surface area contributed by atoms with Crippen LogP contribution < -0.4 is 11.0 Å². The number of allylic oxidation sites excluding steroid dienone is 1. The van der Waals surface area contributed by atoms with Crippen LogP contribution in [0.5, 0.6) is 0 Å². The number of H-pyrrole nitrogens is 2. The molecule has 1 aromatic heterocycles. The second-order valence-corrected chi connectivity index (χ2v) is 4.72. The number of fused-ring (bicyclic) bond motifs is 1. The van der Waals surface area contributed by atoms with Crippen LogP contribution in [0.2, 0.25) is 0 Å². The van der Waals surface area contributed by atoms with Crippen LogP contribution in [0, 0.1) is 0 Å².